The highest BCUT2D eigenvalue weighted by molar-refractivity contribution is 5.91. The van der Waals surface area contributed by atoms with E-state index in [9.17, 15) is 9.59 Å². The number of amides is 2. The van der Waals surface area contributed by atoms with E-state index in [2.05, 4.69) is 20.8 Å². The number of aryl methyl sites for hydroxylation is 1. The number of carbonyl (C=O) groups is 2. The predicted molar refractivity (Wildman–Crippen MR) is 83.0 cm³/mol. The van der Waals surface area contributed by atoms with E-state index in [1.165, 1.54) is 0 Å². The van der Waals surface area contributed by atoms with Crippen LogP contribution in [0.15, 0.2) is 24.3 Å². The van der Waals surface area contributed by atoms with E-state index in [1.807, 2.05) is 24.3 Å². The highest BCUT2D eigenvalue weighted by Gasteiger charge is 2.20. The standard InChI is InChI=1S/C15H18N6O2/c1-11-17-18-19-21(11)13-5-2-4-12(10-13)16-14(22)7-9-20-8-3-6-15(20)23/h2,4-5,10H,3,6-9H2,1H3,(H,16,22). The van der Waals surface area contributed by atoms with E-state index in [1.54, 1.807) is 16.5 Å². The molecule has 120 valence electrons. The van der Waals surface area contributed by atoms with Crippen LogP contribution in [0.3, 0.4) is 0 Å². The topological polar surface area (TPSA) is 93.0 Å². The maximum absolute atomic E-state index is 12.0. The summed E-state index contributed by atoms with van der Waals surface area (Å²) >= 11 is 0. The lowest BCUT2D eigenvalue weighted by Gasteiger charge is -2.15. The highest BCUT2D eigenvalue weighted by Crippen LogP contribution is 2.15. The first-order chi connectivity index (χ1) is 11.1. The van der Waals surface area contributed by atoms with Crippen molar-refractivity contribution in [2.45, 2.75) is 26.2 Å². The fourth-order valence-corrected chi connectivity index (χ4v) is 2.59. The van der Waals surface area contributed by atoms with Crippen molar-refractivity contribution >= 4 is 17.5 Å². The lowest BCUT2D eigenvalue weighted by atomic mass is 10.2. The lowest BCUT2D eigenvalue weighted by molar-refractivity contribution is -0.128. The summed E-state index contributed by atoms with van der Waals surface area (Å²) in [5.41, 5.74) is 1.45. The smallest absolute Gasteiger partial charge is 0.226 e. The van der Waals surface area contributed by atoms with E-state index < -0.39 is 0 Å². The molecule has 1 N–H and O–H groups in total. The summed E-state index contributed by atoms with van der Waals surface area (Å²) in [4.78, 5) is 25.3. The molecule has 2 amide bonds. The van der Waals surface area contributed by atoms with Crippen LogP contribution in [0.2, 0.25) is 0 Å². The van der Waals surface area contributed by atoms with Gasteiger partial charge in [-0.15, -0.1) is 5.10 Å². The number of rotatable bonds is 5. The number of likely N-dealkylation sites (tertiary alicyclic amines) is 1. The Morgan fingerprint density at radius 1 is 1.39 bits per heavy atom. The molecule has 0 unspecified atom stereocenters. The van der Waals surface area contributed by atoms with Crippen molar-refractivity contribution in [3.8, 4) is 5.69 Å². The molecule has 1 fully saturated rings. The maximum Gasteiger partial charge on any atom is 0.226 e. The van der Waals surface area contributed by atoms with Gasteiger partial charge >= 0.3 is 0 Å². The largest absolute Gasteiger partial charge is 0.342 e. The molecule has 0 saturated carbocycles. The number of benzene rings is 1. The van der Waals surface area contributed by atoms with Crippen molar-refractivity contribution in [2.24, 2.45) is 0 Å². The molecule has 2 heterocycles. The molecule has 1 saturated heterocycles. The molecular weight excluding hydrogens is 296 g/mol. The van der Waals surface area contributed by atoms with E-state index in [0.717, 1.165) is 18.7 Å². The van der Waals surface area contributed by atoms with Gasteiger partial charge in [0.25, 0.3) is 0 Å². The fraction of sp³-hybridized carbons (Fsp3) is 0.400. The molecule has 0 aliphatic carbocycles. The Balaban J connectivity index is 1.60. The average Bonchev–Trinajstić information content (AvgIpc) is 3.14. The van der Waals surface area contributed by atoms with Crippen LogP contribution < -0.4 is 5.32 Å². The Bertz CT molecular complexity index is 726. The summed E-state index contributed by atoms with van der Waals surface area (Å²) in [6.45, 7) is 3.02. The van der Waals surface area contributed by atoms with Gasteiger partial charge in [0.2, 0.25) is 11.8 Å². The number of nitrogens with zero attached hydrogens (tertiary/aromatic N) is 5. The minimum atomic E-state index is -0.115. The van der Waals surface area contributed by atoms with Gasteiger partial charge in [0.1, 0.15) is 0 Å². The Hall–Kier alpha value is -2.77. The molecule has 1 aromatic carbocycles. The van der Waals surface area contributed by atoms with E-state index in [-0.39, 0.29) is 11.8 Å². The Labute approximate surface area is 133 Å². The van der Waals surface area contributed by atoms with Crippen molar-refractivity contribution in [3.63, 3.8) is 0 Å². The molecule has 1 aliphatic rings. The third-order valence-electron chi connectivity index (χ3n) is 3.78. The lowest BCUT2D eigenvalue weighted by Crippen LogP contribution is -2.28. The number of aromatic nitrogens is 4. The minimum absolute atomic E-state index is 0.115. The summed E-state index contributed by atoms with van der Waals surface area (Å²) < 4.78 is 1.60. The second-order valence-electron chi connectivity index (χ2n) is 5.47. The second kappa shape index (κ2) is 6.55. The van der Waals surface area contributed by atoms with Gasteiger partial charge in [-0.1, -0.05) is 6.07 Å². The summed E-state index contributed by atoms with van der Waals surface area (Å²) in [7, 11) is 0. The first-order valence-electron chi connectivity index (χ1n) is 7.56. The fourth-order valence-electron chi connectivity index (χ4n) is 2.59. The Morgan fingerprint density at radius 2 is 2.26 bits per heavy atom. The SMILES string of the molecule is Cc1nnnn1-c1cccc(NC(=O)CCN2CCCC2=O)c1. The molecule has 23 heavy (non-hydrogen) atoms. The van der Waals surface area contributed by atoms with Crippen molar-refractivity contribution in [3.05, 3.63) is 30.1 Å². The van der Waals surface area contributed by atoms with Crippen LogP contribution in [-0.2, 0) is 9.59 Å². The highest BCUT2D eigenvalue weighted by atomic mass is 16.2. The molecule has 8 heteroatoms. The third kappa shape index (κ3) is 3.53. The van der Waals surface area contributed by atoms with Crippen LogP contribution in [-0.4, -0.2) is 50.0 Å². The summed E-state index contributed by atoms with van der Waals surface area (Å²) in [6, 6.07) is 7.31. The van der Waals surface area contributed by atoms with Crippen LogP contribution in [0, 0.1) is 6.92 Å². The summed E-state index contributed by atoms with van der Waals surface area (Å²) in [5.74, 6) is 0.685. The number of tetrazole rings is 1. The number of hydrogen-bond acceptors (Lipinski definition) is 5. The van der Waals surface area contributed by atoms with Gasteiger partial charge in [-0.05, 0) is 42.0 Å². The molecule has 0 atom stereocenters. The summed E-state index contributed by atoms with van der Waals surface area (Å²) in [6.07, 6.45) is 1.77. The third-order valence-corrected chi connectivity index (χ3v) is 3.78. The second-order valence-corrected chi connectivity index (χ2v) is 5.47. The van der Waals surface area contributed by atoms with E-state index >= 15 is 0 Å². The molecule has 0 bridgehead atoms. The first-order valence-corrected chi connectivity index (χ1v) is 7.56. The van der Waals surface area contributed by atoms with Crippen LogP contribution in [0.4, 0.5) is 5.69 Å². The van der Waals surface area contributed by atoms with Crippen LogP contribution in [0.5, 0.6) is 0 Å². The zero-order chi connectivity index (χ0) is 16.2. The average molecular weight is 314 g/mol. The van der Waals surface area contributed by atoms with Crippen molar-refractivity contribution in [1.82, 2.24) is 25.1 Å². The van der Waals surface area contributed by atoms with Crippen LogP contribution in [0.25, 0.3) is 5.69 Å². The van der Waals surface area contributed by atoms with Gasteiger partial charge in [0.15, 0.2) is 5.82 Å². The van der Waals surface area contributed by atoms with E-state index in [4.69, 9.17) is 0 Å². The number of anilines is 1. The number of hydrogen-bond donors (Lipinski definition) is 1. The number of nitrogens with one attached hydrogen (secondary N) is 1. The van der Waals surface area contributed by atoms with Gasteiger partial charge in [0, 0.05) is 31.6 Å². The Morgan fingerprint density at radius 3 is 2.96 bits per heavy atom. The normalized spacial score (nSPS) is 14.3. The molecule has 8 nitrogen and oxygen atoms in total. The van der Waals surface area contributed by atoms with Crippen molar-refractivity contribution < 1.29 is 9.59 Å². The van der Waals surface area contributed by atoms with Gasteiger partial charge in [-0.25, -0.2) is 0 Å². The number of carbonyl (C=O) groups excluding carboxylic acids is 2. The predicted octanol–water partition coefficient (Wildman–Crippen LogP) is 0.922. The quantitative estimate of drug-likeness (QED) is 0.886. The molecule has 2 aromatic rings. The molecule has 0 spiro atoms. The van der Waals surface area contributed by atoms with Crippen molar-refractivity contribution in [2.75, 3.05) is 18.4 Å². The van der Waals surface area contributed by atoms with Gasteiger partial charge in [-0.2, -0.15) is 4.68 Å². The maximum atomic E-state index is 12.0. The first kappa shape index (κ1) is 15.1. The van der Waals surface area contributed by atoms with Gasteiger partial charge < -0.3 is 10.2 Å². The van der Waals surface area contributed by atoms with Gasteiger partial charge in [0.05, 0.1) is 5.69 Å². The minimum Gasteiger partial charge on any atom is -0.342 e. The molecule has 1 aliphatic heterocycles. The zero-order valence-corrected chi connectivity index (χ0v) is 12.9. The monoisotopic (exact) mass is 314 g/mol. The van der Waals surface area contributed by atoms with Crippen LogP contribution in [0.1, 0.15) is 25.1 Å². The van der Waals surface area contributed by atoms with Crippen molar-refractivity contribution in [1.29, 1.82) is 0 Å². The molecular formula is C15H18N6O2. The molecule has 0 radical (unpaired) electrons. The van der Waals surface area contributed by atoms with Gasteiger partial charge in [-0.3, -0.25) is 9.59 Å². The molecule has 3 rings (SSSR count). The molecule has 1 aromatic heterocycles. The summed E-state index contributed by atoms with van der Waals surface area (Å²) in [5, 5.41) is 14.2. The van der Waals surface area contributed by atoms with Crippen LogP contribution >= 0.6 is 0 Å². The van der Waals surface area contributed by atoms with E-state index in [0.29, 0.717) is 30.9 Å². The zero-order valence-electron chi connectivity index (χ0n) is 12.9. The Kier molecular flexibility index (Phi) is 4.31.